The van der Waals surface area contributed by atoms with E-state index in [0.29, 0.717) is 18.2 Å². The molecule has 3 fully saturated rings. The van der Waals surface area contributed by atoms with Crippen molar-refractivity contribution in [1.29, 1.82) is 0 Å². The van der Waals surface area contributed by atoms with Crippen molar-refractivity contribution in [2.75, 3.05) is 13.2 Å². The van der Waals surface area contributed by atoms with E-state index >= 15 is 0 Å². The number of benzene rings is 1. The first kappa shape index (κ1) is 13.5. The second-order valence-corrected chi connectivity index (χ2v) is 5.36. The highest BCUT2D eigenvalue weighted by Gasteiger charge is 2.34. The number of nitrogens with zero attached hydrogens (tertiary/aromatic N) is 1. The van der Waals surface area contributed by atoms with Gasteiger partial charge < -0.3 is 4.74 Å². The zero-order valence-corrected chi connectivity index (χ0v) is 11.0. The second-order valence-electron chi connectivity index (χ2n) is 5.36. The predicted octanol–water partition coefficient (Wildman–Crippen LogP) is 1.31. The zero-order valence-electron chi connectivity index (χ0n) is 11.0. The number of halogens is 1. The van der Waals surface area contributed by atoms with Crippen molar-refractivity contribution in [2.24, 2.45) is 0 Å². The molecule has 4 rings (SSSR count). The van der Waals surface area contributed by atoms with Gasteiger partial charge in [-0.3, -0.25) is 14.9 Å². The van der Waals surface area contributed by atoms with Gasteiger partial charge in [0.25, 0.3) is 5.91 Å². The maximum atomic E-state index is 14.0. The Hall–Kier alpha value is -1.50. The lowest BCUT2D eigenvalue weighted by Crippen LogP contribution is -2.53. The number of piperidine rings is 1. The van der Waals surface area contributed by atoms with Crippen LogP contribution in [0.3, 0.4) is 0 Å². The van der Waals surface area contributed by atoms with Crippen molar-refractivity contribution in [3.63, 3.8) is 0 Å². The van der Waals surface area contributed by atoms with Gasteiger partial charge in [0.15, 0.2) is 0 Å². The van der Waals surface area contributed by atoms with Crippen LogP contribution in [0.4, 0.5) is 4.39 Å². The molecule has 0 aromatic heterocycles. The van der Waals surface area contributed by atoms with Crippen LogP contribution in [0.5, 0.6) is 0 Å². The van der Waals surface area contributed by atoms with Gasteiger partial charge in [0, 0.05) is 30.3 Å². The number of fused-ring (bicyclic) bond motifs is 3. The van der Waals surface area contributed by atoms with Crippen LogP contribution in [0.2, 0.25) is 0 Å². The standard InChI is InChI=1S/C14H17FN2O3/c15-13-5-9(14(18)16-19)1-2-10(13)6-17-7-12-4-3-11(17)8-20-12/h1-2,5,11-12,19H,3-4,6-8H2,(H,16,18)/t11?,12-/m0/s1. The van der Waals surface area contributed by atoms with Crippen molar-refractivity contribution in [2.45, 2.75) is 31.5 Å². The normalized spacial score (nSPS) is 25.7. The van der Waals surface area contributed by atoms with Gasteiger partial charge in [-0.25, -0.2) is 9.87 Å². The minimum atomic E-state index is -0.708. The molecule has 3 aliphatic heterocycles. The number of amides is 1. The van der Waals surface area contributed by atoms with E-state index in [1.807, 2.05) is 0 Å². The molecule has 6 heteroatoms. The lowest BCUT2D eigenvalue weighted by molar-refractivity contribution is -0.109. The van der Waals surface area contributed by atoms with E-state index in [0.717, 1.165) is 32.1 Å². The number of nitrogens with one attached hydrogen (secondary N) is 1. The Kier molecular flexibility index (Phi) is 3.69. The molecule has 20 heavy (non-hydrogen) atoms. The molecule has 108 valence electrons. The van der Waals surface area contributed by atoms with Gasteiger partial charge in [-0.15, -0.1) is 0 Å². The van der Waals surface area contributed by atoms with Gasteiger partial charge >= 0.3 is 0 Å². The lowest BCUT2D eigenvalue weighted by atomic mass is 9.96. The Bertz CT molecular complexity index is 515. The molecule has 2 N–H and O–H groups in total. The molecule has 0 saturated carbocycles. The van der Waals surface area contributed by atoms with E-state index in [1.165, 1.54) is 11.5 Å². The Balaban J connectivity index is 1.73. The van der Waals surface area contributed by atoms with Crippen LogP contribution >= 0.6 is 0 Å². The zero-order chi connectivity index (χ0) is 14.1. The van der Waals surface area contributed by atoms with Crippen LogP contribution in [0.1, 0.15) is 28.8 Å². The molecular formula is C14H17FN2O3. The molecule has 1 aromatic carbocycles. The van der Waals surface area contributed by atoms with E-state index in [-0.39, 0.29) is 11.7 Å². The molecule has 1 aromatic rings. The Morgan fingerprint density at radius 3 is 2.90 bits per heavy atom. The SMILES string of the molecule is O=C(NO)c1ccc(CN2C[C@@H]3CCC2CO3)c(F)c1. The average Bonchev–Trinajstić information content (AvgIpc) is 2.49. The molecule has 3 saturated heterocycles. The summed E-state index contributed by atoms with van der Waals surface area (Å²) in [6, 6.07) is 4.63. The molecule has 5 nitrogen and oxygen atoms in total. The fourth-order valence-corrected chi connectivity index (χ4v) is 2.93. The predicted molar refractivity (Wildman–Crippen MR) is 68.8 cm³/mol. The average molecular weight is 280 g/mol. The molecule has 1 amide bonds. The van der Waals surface area contributed by atoms with Gasteiger partial charge in [0.2, 0.25) is 0 Å². The number of hydroxylamine groups is 1. The number of ether oxygens (including phenoxy) is 1. The Morgan fingerprint density at radius 2 is 2.35 bits per heavy atom. The molecule has 2 bridgehead atoms. The van der Waals surface area contributed by atoms with E-state index in [9.17, 15) is 9.18 Å². The molecule has 1 unspecified atom stereocenters. The maximum Gasteiger partial charge on any atom is 0.274 e. The number of hydrogen-bond donors (Lipinski definition) is 2. The lowest BCUT2D eigenvalue weighted by Gasteiger charge is -2.45. The monoisotopic (exact) mass is 280 g/mol. The molecular weight excluding hydrogens is 263 g/mol. The van der Waals surface area contributed by atoms with E-state index < -0.39 is 11.7 Å². The third kappa shape index (κ3) is 2.54. The number of rotatable bonds is 3. The van der Waals surface area contributed by atoms with Crippen molar-refractivity contribution >= 4 is 5.91 Å². The third-order valence-electron chi connectivity index (χ3n) is 4.09. The Morgan fingerprint density at radius 1 is 1.50 bits per heavy atom. The summed E-state index contributed by atoms with van der Waals surface area (Å²) in [5.41, 5.74) is 2.17. The molecule has 0 spiro atoms. The second kappa shape index (κ2) is 5.47. The van der Waals surface area contributed by atoms with Crippen LogP contribution in [0.25, 0.3) is 0 Å². The first-order valence-corrected chi connectivity index (χ1v) is 6.76. The van der Waals surface area contributed by atoms with Crippen LogP contribution < -0.4 is 5.48 Å². The highest BCUT2D eigenvalue weighted by molar-refractivity contribution is 5.93. The molecule has 3 aliphatic rings. The summed E-state index contributed by atoms with van der Waals surface area (Å²) in [7, 11) is 0. The van der Waals surface area contributed by atoms with Crippen molar-refractivity contribution in [1.82, 2.24) is 10.4 Å². The summed E-state index contributed by atoms with van der Waals surface area (Å²) in [5.74, 6) is -1.13. The Labute approximate surface area is 116 Å². The van der Waals surface area contributed by atoms with Gasteiger partial charge in [-0.1, -0.05) is 6.07 Å². The van der Waals surface area contributed by atoms with Crippen molar-refractivity contribution in [3.8, 4) is 0 Å². The molecule has 0 radical (unpaired) electrons. The molecule has 3 heterocycles. The third-order valence-corrected chi connectivity index (χ3v) is 4.09. The van der Waals surface area contributed by atoms with Gasteiger partial charge in [-0.2, -0.15) is 0 Å². The fourth-order valence-electron chi connectivity index (χ4n) is 2.93. The summed E-state index contributed by atoms with van der Waals surface area (Å²) >= 11 is 0. The summed E-state index contributed by atoms with van der Waals surface area (Å²) in [6.45, 7) is 2.08. The van der Waals surface area contributed by atoms with E-state index in [1.54, 1.807) is 6.07 Å². The minimum Gasteiger partial charge on any atom is -0.375 e. The van der Waals surface area contributed by atoms with Gasteiger partial charge in [0.1, 0.15) is 5.82 Å². The van der Waals surface area contributed by atoms with Crippen LogP contribution in [-0.2, 0) is 11.3 Å². The first-order chi connectivity index (χ1) is 9.67. The van der Waals surface area contributed by atoms with Crippen LogP contribution in [0.15, 0.2) is 18.2 Å². The first-order valence-electron chi connectivity index (χ1n) is 6.76. The fraction of sp³-hybridized carbons (Fsp3) is 0.500. The van der Waals surface area contributed by atoms with Crippen LogP contribution in [0, 0.1) is 5.82 Å². The number of morpholine rings is 1. The van der Waals surface area contributed by atoms with Crippen molar-refractivity contribution in [3.05, 3.63) is 35.1 Å². The minimum absolute atomic E-state index is 0.109. The summed E-state index contributed by atoms with van der Waals surface area (Å²) in [5, 5.41) is 8.54. The van der Waals surface area contributed by atoms with Crippen LogP contribution in [-0.4, -0.2) is 41.3 Å². The quantitative estimate of drug-likeness (QED) is 0.647. The number of hydrogen-bond acceptors (Lipinski definition) is 4. The highest BCUT2D eigenvalue weighted by Crippen LogP contribution is 2.28. The summed E-state index contributed by atoms with van der Waals surface area (Å²) in [4.78, 5) is 13.5. The molecule has 0 aliphatic carbocycles. The number of carbonyl (C=O) groups excluding carboxylic acids is 1. The summed E-state index contributed by atoms with van der Waals surface area (Å²) < 4.78 is 19.6. The highest BCUT2D eigenvalue weighted by atomic mass is 19.1. The topological polar surface area (TPSA) is 61.8 Å². The largest absolute Gasteiger partial charge is 0.375 e. The van der Waals surface area contributed by atoms with Gasteiger partial charge in [-0.05, 0) is 25.0 Å². The smallest absolute Gasteiger partial charge is 0.274 e. The van der Waals surface area contributed by atoms with E-state index in [4.69, 9.17) is 9.94 Å². The van der Waals surface area contributed by atoms with Gasteiger partial charge in [0.05, 0.1) is 12.7 Å². The van der Waals surface area contributed by atoms with E-state index in [2.05, 4.69) is 4.90 Å². The number of carbonyl (C=O) groups is 1. The van der Waals surface area contributed by atoms with Crippen molar-refractivity contribution < 1.29 is 19.1 Å². The maximum absolute atomic E-state index is 14.0. The molecule has 2 atom stereocenters. The summed E-state index contributed by atoms with van der Waals surface area (Å²) in [6.07, 6.45) is 2.44.